The number of fused-ring (bicyclic) bond motifs is 1. The molecule has 1 aliphatic rings. The van der Waals surface area contributed by atoms with E-state index in [1.807, 2.05) is 0 Å². The fourth-order valence-corrected chi connectivity index (χ4v) is 2.78. The first kappa shape index (κ1) is 11.2. The second-order valence-electron chi connectivity index (χ2n) is 4.46. The van der Waals surface area contributed by atoms with Crippen molar-refractivity contribution in [3.05, 3.63) is 68.8 Å². The van der Waals surface area contributed by atoms with Crippen LogP contribution in [0.15, 0.2) is 48.5 Å². The van der Waals surface area contributed by atoms with Crippen LogP contribution in [-0.4, -0.2) is 0 Å². The van der Waals surface area contributed by atoms with E-state index in [0.717, 1.165) is 13.0 Å². The summed E-state index contributed by atoms with van der Waals surface area (Å²) in [5, 5.41) is 3.58. The molecule has 1 atom stereocenters. The molecule has 17 heavy (non-hydrogen) atoms. The highest BCUT2D eigenvalue weighted by atomic mass is 127. The van der Waals surface area contributed by atoms with Crippen LogP contribution in [0, 0.1) is 3.57 Å². The third-order valence-corrected chi connectivity index (χ3v) is 4.04. The molecule has 0 bridgehead atoms. The van der Waals surface area contributed by atoms with E-state index in [2.05, 4.69) is 76.4 Å². The van der Waals surface area contributed by atoms with Gasteiger partial charge in [0.15, 0.2) is 0 Å². The highest BCUT2D eigenvalue weighted by Gasteiger charge is 2.20. The van der Waals surface area contributed by atoms with Crippen molar-refractivity contribution in [1.29, 1.82) is 0 Å². The summed E-state index contributed by atoms with van der Waals surface area (Å²) in [4.78, 5) is 0. The Kier molecular flexibility index (Phi) is 3.16. The summed E-state index contributed by atoms with van der Waals surface area (Å²) in [6.45, 7) is 1.01. The second-order valence-corrected chi connectivity index (χ2v) is 5.71. The quantitative estimate of drug-likeness (QED) is 0.826. The minimum atomic E-state index is 0.478. The minimum absolute atomic E-state index is 0.478. The van der Waals surface area contributed by atoms with Gasteiger partial charge in [-0.25, -0.2) is 0 Å². The van der Waals surface area contributed by atoms with Crippen LogP contribution in [0.5, 0.6) is 0 Å². The molecule has 3 rings (SSSR count). The van der Waals surface area contributed by atoms with E-state index in [-0.39, 0.29) is 0 Å². The lowest BCUT2D eigenvalue weighted by atomic mass is 9.99. The second kappa shape index (κ2) is 4.78. The summed E-state index contributed by atoms with van der Waals surface area (Å²) in [5.74, 6) is 0. The smallest absolute Gasteiger partial charge is 0.0367 e. The van der Waals surface area contributed by atoms with Crippen molar-refractivity contribution >= 4 is 22.6 Å². The minimum Gasteiger partial charge on any atom is -0.306 e. The Hall–Kier alpha value is -0.870. The zero-order valence-electron chi connectivity index (χ0n) is 9.49. The van der Waals surface area contributed by atoms with Gasteiger partial charge in [-0.3, -0.25) is 0 Å². The first-order valence-corrected chi connectivity index (χ1v) is 6.96. The summed E-state index contributed by atoms with van der Waals surface area (Å²) in [7, 11) is 0. The average Bonchev–Trinajstić information content (AvgIpc) is 2.76. The van der Waals surface area contributed by atoms with E-state index < -0.39 is 0 Å². The molecule has 1 unspecified atom stereocenters. The molecule has 0 saturated heterocycles. The van der Waals surface area contributed by atoms with Gasteiger partial charge in [-0.05, 0) is 57.8 Å². The molecule has 0 aromatic heterocycles. The van der Waals surface area contributed by atoms with Crippen molar-refractivity contribution in [1.82, 2.24) is 5.32 Å². The average molecular weight is 335 g/mol. The molecule has 0 radical (unpaired) electrons. The third kappa shape index (κ3) is 2.38. The predicted octanol–water partition coefficient (Wildman–Crippen LogP) is 3.68. The van der Waals surface area contributed by atoms with Crippen LogP contribution in [0.2, 0.25) is 0 Å². The normalized spacial score (nSPS) is 18.1. The molecule has 2 heteroatoms. The zero-order valence-corrected chi connectivity index (χ0v) is 11.6. The van der Waals surface area contributed by atoms with Crippen LogP contribution in [-0.2, 0) is 13.0 Å². The molecule has 1 aliphatic heterocycles. The van der Waals surface area contributed by atoms with Gasteiger partial charge in [-0.2, -0.15) is 0 Å². The molecule has 0 saturated carbocycles. The lowest BCUT2D eigenvalue weighted by molar-refractivity contribution is 0.581. The van der Waals surface area contributed by atoms with Crippen molar-refractivity contribution in [2.75, 3.05) is 0 Å². The number of rotatable bonds is 2. The van der Waals surface area contributed by atoms with E-state index in [1.165, 1.54) is 20.3 Å². The summed E-state index contributed by atoms with van der Waals surface area (Å²) >= 11 is 2.35. The molecular formula is C15H14IN. The maximum atomic E-state index is 3.58. The van der Waals surface area contributed by atoms with Gasteiger partial charge in [0.05, 0.1) is 0 Å². The Bertz CT molecular complexity index is 519. The number of benzene rings is 2. The summed E-state index contributed by atoms with van der Waals surface area (Å²) in [6, 6.07) is 18.0. The highest BCUT2D eigenvalue weighted by molar-refractivity contribution is 14.1. The number of hydrogen-bond acceptors (Lipinski definition) is 1. The standard InChI is InChI=1S/C15H14IN/c16-13-7-5-11(6-8-13)9-15-14-4-2-1-3-12(14)10-17-15/h1-8,15,17H,9-10H2. The molecule has 86 valence electrons. The van der Waals surface area contributed by atoms with Crippen molar-refractivity contribution in [2.24, 2.45) is 0 Å². The van der Waals surface area contributed by atoms with Gasteiger partial charge >= 0.3 is 0 Å². The molecule has 0 spiro atoms. The Morgan fingerprint density at radius 1 is 1.06 bits per heavy atom. The fraction of sp³-hybridized carbons (Fsp3) is 0.200. The highest BCUT2D eigenvalue weighted by Crippen LogP contribution is 2.27. The van der Waals surface area contributed by atoms with Gasteiger partial charge in [-0.1, -0.05) is 36.4 Å². The van der Waals surface area contributed by atoms with Crippen molar-refractivity contribution in [2.45, 2.75) is 19.0 Å². The van der Waals surface area contributed by atoms with Gasteiger partial charge in [0.2, 0.25) is 0 Å². The fourth-order valence-electron chi connectivity index (χ4n) is 2.42. The Labute approximate surface area is 115 Å². The number of halogens is 1. The van der Waals surface area contributed by atoms with E-state index in [1.54, 1.807) is 0 Å². The molecule has 0 fully saturated rings. The van der Waals surface area contributed by atoms with Crippen LogP contribution in [0.25, 0.3) is 0 Å². The first-order chi connectivity index (χ1) is 8.33. The lowest BCUT2D eigenvalue weighted by Gasteiger charge is -2.12. The van der Waals surface area contributed by atoms with E-state index in [9.17, 15) is 0 Å². The molecule has 0 amide bonds. The third-order valence-electron chi connectivity index (χ3n) is 3.32. The summed E-state index contributed by atoms with van der Waals surface area (Å²) in [5.41, 5.74) is 4.31. The number of nitrogens with one attached hydrogen (secondary N) is 1. The maximum absolute atomic E-state index is 3.58. The van der Waals surface area contributed by atoms with Crippen molar-refractivity contribution in [3.63, 3.8) is 0 Å². The monoisotopic (exact) mass is 335 g/mol. The summed E-state index contributed by atoms with van der Waals surface area (Å²) < 4.78 is 1.30. The van der Waals surface area contributed by atoms with Crippen LogP contribution in [0.3, 0.4) is 0 Å². The predicted molar refractivity (Wildman–Crippen MR) is 78.9 cm³/mol. The largest absolute Gasteiger partial charge is 0.306 e. The van der Waals surface area contributed by atoms with Crippen molar-refractivity contribution in [3.8, 4) is 0 Å². The van der Waals surface area contributed by atoms with Gasteiger partial charge in [0, 0.05) is 16.2 Å². The van der Waals surface area contributed by atoms with Gasteiger partial charge < -0.3 is 5.32 Å². The van der Waals surface area contributed by atoms with E-state index >= 15 is 0 Å². The molecular weight excluding hydrogens is 321 g/mol. The molecule has 1 N–H and O–H groups in total. The maximum Gasteiger partial charge on any atom is 0.0367 e. The van der Waals surface area contributed by atoms with Gasteiger partial charge in [-0.15, -0.1) is 0 Å². The van der Waals surface area contributed by atoms with Crippen molar-refractivity contribution < 1.29 is 0 Å². The summed E-state index contributed by atoms with van der Waals surface area (Å²) in [6.07, 6.45) is 1.08. The SMILES string of the molecule is Ic1ccc(CC2NCc3ccccc32)cc1. The molecule has 2 aromatic rings. The molecule has 2 aromatic carbocycles. The van der Waals surface area contributed by atoms with E-state index in [0.29, 0.717) is 6.04 Å². The van der Waals surface area contributed by atoms with Crippen LogP contribution >= 0.6 is 22.6 Å². The van der Waals surface area contributed by atoms with Crippen LogP contribution in [0.1, 0.15) is 22.7 Å². The number of hydrogen-bond donors (Lipinski definition) is 1. The molecule has 1 heterocycles. The topological polar surface area (TPSA) is 12.0 Å². The first-order valence-electron chi connectivity index (χ1n) is 5.88. The Morgan fingerprint density at radius 2 is 1.82 bits per heavy atom. The molecule has 0 aliphatic carbocycles. The van der Waals surface area contributed by atoms with Gasteiger partial charge in [0.25, 0.3) is 0 Å². The van der Waals surface area contributed by atoms with Crippen LogP contribution < -0.4 is 5.32 Å². The van der Waals surface area contributed by atoms with Gasteiger partial charge in [0.1, 0.15) is 0 Å². The Balaban J connectivity index is 1.81. The Morgan fingerprint density at radius 3 is 2.65 bits per heavy atom. The van der Waals surface area contributed by atoms with Crippen LogP contribution in [0.4, 0.5) is 0 Å². The lowest BCUT2D eigenvalue weighted by Crippen LogP contribution is -2.14. The zero-order chi connectivity index (χ0) is 11.7. The van der Waals surface area contributed by atoms with E-state index in [4.69, 9.17) is 0 Å². The molecule has 1 nitrogen and oxygen atoms in total.